The minimum Gasteiger partial charge on any atom is -0.339 e. The predicted molar refractivity (Wildman–Crippen MR) is 112 cm³/mol. The molecule has 0 spiro atoms. The lowest BCUT2D eigenvalue weighted by Crippen LogP contribution is -2.49. The number of benzene rings is 1. The van der Waals surface area contributed by atoms with Gasteiger partial charge in [-0.15, -0.1) is 24.2 Å². The number of carbonyl (C=O) groups excluding carboxylic acids is 2. The van der Waals surface area contributed by atoms with Gasteiger partial charge in [-0.05, 0) is 63.5 Å². The molecule has 1 unspecified atom stereocenters. The zero-order valence-corrected chi connectivity index (χ0v) is 17.5. The number of piperidine rings is 1. The summed E-state index contributed by atoms with van der Waals surface area (Å²) in [6.45, 7) is 6.59. The lowest BCUT2D eigenvalue weighted by Gasteiger charge is -2.36. The second-order valence-corrected chi connectivity index (χ2v) is 7.85. The summed E-state index contributed by atoms with van der Waals surface area (Å²) < 4.78 is 12.9. The highest BCUT2D eigenvalue weighted by Crippen LogP contribution is 2.20. The number of hydrogen-bond donors (Lipinski definition) is 2. The molecule has 2 N–H and O–H groups in total. The van der Waals surface area contributed by atoms with Crippen molar-refractivity contribution in [2.75, 3.05) is 30.7 Å². The first-order valence-corrected chi connectivity index (χ1v) is 10.2. The molecule has 152 valence electrons. The van der Waals surface area contributed by atoms with Crippen LogP contribution < -0.4 is 10.6 Å². The van der Waals surface area contributed by atoms with Crippen LogP contribution in [-0.4, -0.2) is 53.4 Å². The van der Waals surface area contributed by atoms with Gasteiger partial charge in [0.1, 0.15) is 5.82 Å². The van der Waals surface area contributed by atoms with Gasteiger partial charge in [0.2, 0.25) is 11.8 Å². The zero-order chi connectivity index (χ0) is 18.9. The second kappa shape index (κ2) is 12.2. The lowest BCUT2D eigenvalue weighted by atomic mass is 10.0. The average molecular weight is 418 g/mol. The van der Waals surface area contributed by atoms with Crippen molar-refractivity contribution in [3.8, 4) is 0 Å². The van der Waals surface area contributed by atoms with Crippen molar-refractivity contribution in [3.63, 3.8) is 0 Å². The Morgan fingerprint density at radius 1 is 1.30 bits per heavy atom. The minimum atomic E-state index is -0.342. The van der Waals surface area contributed by atoms with E-state index in [9.17, 15) is 14.0 Å². The maximum Gasteiger partial charge on any atom is 0.235 e. The molecule has 1 fully saturated rings. The van der Waals surface area contributed by atoms with Crippen LogP contribution in [0, 0.1) is 5.82 Å². The summed E-state index contributed by atoms with van der Waals surface area (Å²) in [4.78, 5) is 26.9. The van der Waals surface area contributed by atoms with Crippen LogP contribution in [0.4, 0.5) is 10.1 Å². The van der Waals surface area contributed by atoms with Gasteiger partial charge in [0.05, 0.1) is 11.0 Å². The Morgan fingerprint density at radius 2 is 1.93 bits per heavy atom. The van der Waals surface area contributed by atoms with Gasteiger partial charge in [0, 0.05) is 18.3 Å². The van der Waals surface area contributed by atoms with E-state index in [1.54, 1.807) is 0 Å². The van der Waals surface area contributed by atoms with Gasteiger partial charge >= 0.3 is 0 Å². The van der Waals surface area contributed by atoms with Crippen molar-refractivity contribution < 1.29 is 14.0 Å². The molecule has 1 saturated heterocycles. The third-order valence-electron chi connectivity index (χ3n) is 4.44. The van der Waals surface area contributed by atoms with Crippen LogP contribution >= 0.6 is 24.2 Å². The van der Waals surface area contributed by atoms with Gasteiger partial charge in [0.25, 0.3) is 0 Å². The molecule has 2 rings (SSSR count). The molecule has 2 amide bonds. The van der Waals surface area contributed by atoms with Crippen LogP contribution in [0.2, 0.25) is 0 Å². The van der Waals surface area contributed by atoms with Gasteiger partial charge < -0.3 is 15.5 Å². The summed E-state index contributed by atoms with van der Waals surface area (Å²) in [5.74, 6) is -0.231. The molecule has 1 aliphatic heterocycles. The Hall–Kier alpha value is -1.31. The van der Waals surface area contributed by atoms with Crippen LogP contribution in [0.1, 0.15) is 33.1 Å². The van der Waals surface area contributed by atoms with E-state index >= 15 is 0 Å². The highest BCUT2D eigenvalue weighted by Gasteiger charge is 2.28. The first-order chi connectivity index (χ1) is 12.5. The van der Waals surface area contributed by atoms with Crippen LogP contribution in [0.5, 0.6) is 0 Å². The van der Waals surface area contributed by atoms with Gasteiger partial charge in [-0.1, -0.05) is 6.92 Å². The average Bonchev–Trinajstić information content (AvgIpc) is 2.66. The molecule has 8 heteroatoms. The number of rotatable bonds is 8. The Balaban J connectivity index is 0.00000364. The number of halogens is 2. The zero-order valence-electron chi connectivity index (χ0n) is 15.9. The number of nitrogens with one attached hydrogen (secondary N) is 2. The fraction of sp³-hybridized carbons (Fsp3) is 0.579. The summed E-state index contributed by atoms with van der Waals surface area (Å²) in [6.07, 6.45) is 2.89. The molecular weight excluding hydrogens is 389 g/mol. The molecule has 1 aliphatic rings. The third kappa shape index (κ3) is 7.68. The van der Waals surface area contributed by atoms with Crippen LogP contribution in [0.3, 0.4) is 0 Å². The smallest absolute Gasteiger partial charge is 0.235 e. The van der Waals surface area contributed by atoms with E-state index in [-0.39, 0.29) is 41.0 Å². The molecule has 5 nitrogen and oxygen atoms in total. The number of thioether (sulfide) groups is 1. The minimum absolute atomic E-state index is 0. The fourth-order valence-electron chi connectivity index (χ4n) is 3.07. The summed E-state index contributed by atoms with van der Waals surface area (Å²) in [5, 5.41) is 5.78. The van der Waals surface area contributed by atoms with Crippen molar-refractivity contribution in [2.45, 2.75) is 44.4 Å². The number of nitrogens with zero attached hydrogens (tertiary/aromatic N) is 1. The van der Waals surface area contributed by atoms with Crippen molar-refractivity contribution in [3.05, 3.63) is 30.1 Å². The monoisotopic (exact) mass is 417 g/mol. The highest BCUT2D eigenvalue weighted by molar-refractivity contribution is 8.01. The van der Waals surface area contributed by atoms with Crippen molar-refractivity contribution in [1.29, 1.82) is 0 Å². The van der Waals surface area contributed by atoms with Gasteiger partial charge in [-0.2, -0.15) is 0 Å². The lowest BCUT2D eigenvalue weighted by molar-refractivity contribution is -0.133. The number of amides is 2. The number of hydrogen-bond acceptors (Lipinski definition) is 4. The Kier molecular flexibility index (Phi) is 10.7. The SMILES string of the molecule is CCCN(C(=O)C(C)SCC(=O)Nc1ccc(F)cc1)C1CCNCC1.Cl. The normalized spacial score (nSPS) is 15.5. The predicted octanol–water partition coefficient (Wildman–Crippen LogP) is 3.30. The molecule has 0 saturated carbocycles. The number of anilines is 1. The van der Waals surface area contributed by atoms with E-state index in [1.807, 2.05) is 11.8 Å². The van der Waals surface area contributed by atoms with Crippen molar-refractivity contribution in [2.24, 2.45) is 0 Å². The topological polar surface area (TPSA) is 61.4 Å². The summed E-state index contributed by atoms with van der Waals surface area (Å²) >= 11 is 1.34. The Labute approximate surface area is 171 Å². The van der Waals surface area contributed by atoms with Crippen molar-refractivity contribution in [1.82, 2.24) is 10.2 Å². The fourth-order valence-corrected chi connectivity index (χ4v) is 3.82. The molecule has 27 heavy (non-hydrogen) atoms. The van der Waals surface area contributed by atoms with E-state index in [1.165, 1.54) is 36.0 Å². The molecule has 1 aromatic rings. The highest BCUT2D eigenvalue weighted by atomic mass is 35.5. The Bertz CT molecular complexity index is 597. The Morgan fingerprint density at radius 3 is 2.52 bits per heavy atom. The van der Waals surface area contributed by atoms with Crippen LogP contribution in [0.25, 0.3) is 0 Å². The summed E-state index contributed by atoms with van der Waals surface area (Å²) in [5.41, 5.74) is 0.554. The van der Waals surface area contributed by atoms with Gasteiger partial charge in [-0.25, -0.2) is 4.39 Å². The van der Waals surface area contributed by atoms with Crippen molar-refractivity contribution >= 4 is 41.7 Å². The largest absolute Gasteiger partial charge is 0.339 e. The molecular formula is C19H29ClFN3O2S. The van der Waals surface area contributed by atoms with E-state index < -0.39 is 0 Å². The first kappa shape index (κ1) is 23.7. The maximum atomic E-state index is 12.9. The number of carbonyl (C=O) groups is 2. The molecule has 0 aromatic heterocycles. The molecule has 0 aliphatic carbocycles. The third-order valence-corrected chi connectivity index (χ3v) is 5.57. The van der Waals surface area contributed by atoms with E-state index in [0.717, 1.165) is 38.9 Å². The quantitative estimate of drug-likeness (QED) is 0.681. The summed E-state index contributed by atoms with van der Waals surface area (Å²) in [7, 11) is 0. The standard InChI is InChI=1S/C19H28FN3O2S.ClH/c1-3-12-23(17-8-10-21-11-9-17)19(25)14(2)26-13-18(24)22-16-6-4-15(20)5-7-16;/h4-7,14,17,21H,3,8-13H2,1-2H3,(H,22,24);1H. The first-order valence-electron chi connectivity index (χ1n) is 9.19. The van der Waals surface area contributed by atoms with Gasteiger partial charge in [0.15, 0.2) is 0 Å². The molecule has 1 aromatic carbocycles. The van der Waals surface area contributed by atoms with E-state index in [4.69, 9.17) is 0 Å². The molecule has 0 bridgehead atoms. The molecule has 1 atom stereocenters. The van der Waals surface area contributed by atoms with E-state index in [0.29, 0.717) is 11.7 Å². The van der Waals surface area contributed by atoms with E-state index in [2.05, 4.69) is 17.6 Å². The molecule has 1 heterocycles. The summed E-state index contributed by atoms with van der Waals surface area (Å²) in [6, 6.07) is 5.94. The maximum absolute atomic E-state index is 12.9. The van der Waals surface area contributed by atoms with Crippen LogP contribution in [0.15, 0.2) is 24.3 Å². The molecule has 0 radical (unpaired) electrons. The van der Waals surface area contributed by atoms with Crippen LogP contribution in [-0.2, 0) is 9.59 Å². The van der Waals surface area contributed by atoms with Gasteiger partial charge in [-0.3, -0.25) is 9.59 Å². The second-order valence-electron chi connectivity index (χ2n) is 6.52.